The zero-order valence-corrected chi connectivity index (χ0v) is 10.4. The quantitative estimate of drug-likeness (QED) is 0.881. The Morgan fingerprint density at radius 2 is 2.20 bits per heavy atom. The topological polar surface area (TPSA) is 41.8 Å². The van der Waals surface area contributed by atoms with Crippen LogP contribution in [0, 0.1) is 6.92 Å². The monoisotopic (exact) mass is 266 g/mol. The molecular formula is C12H15BrN2. The number of hydrogen-bond acceptors (Lipinski definition) is 1. The van der Waals surface area contributed by atoms with Crippen LogP contribution >= 0.6 is 15.9 Å². The van der Waals surface area contributed by atoms with E-state index in [1.165, 1.54) is 22.0 Å². The van der Waals surface area contributed by atoms with Gasteiger partial charge in [-0.3, -0.25) is 0 Å². The van der Waals surface area contributed by atoms with Gasteiger partial charge in [-0.05, 0) is 65.5 Å². The van der Waals surface area contributed by atoms with Gasteiger partial charge in [0.2, 0.25) is 0 Å². The standard InChI is InChI=1S/C12H15BrN2/c1-8-5-10-9(3-2-4-14)7-15-12(10)11(13)6-8/h5-7,15H,2-4,14H2,1H3. The molecule has 15 heavy (non-hydrogen) atoms. The molecule has 0 bridgehead atoms. The van der Waals surface area contributed by atoms with Gasteiger partial charge in [-0.25, -0.2) is 0 Å². The van der Waals surface area contributed by atoms with Gasteiger partial charge in [0.05, 0.1) is 5.52 Å². The van der Waals surface area contributed by atoms with E-state index in [0.29, 0.717) is 0 Å². The summed E-state index contributed by atoms with van der Waals surface area (Å²) in [5.74, 6) is 0. The van der Waals surface area contributed by atoms with E-state index < -0.39 is 0 Å². The summed E-state index contributed by atoms with van der Waals surface area (Å²) in [6.07, 6.45) is 4.18. The van der Waals surface area contributed by atoms with Crippen LogP contribution in [0.15, 0.2) is 22.8 Å². The number of aryl methyl sites for hydroxylation is 2. The number of aromatic nitrogens is 1. The highest BCUT2D eigenvalue weighted by Crippen LogP contribution is 2.27. The Labute approximate surface area is 98.0 Å². The molecule has 0 radical (unpaired) electrons. The van der Waals surface area contributed by atoms with Gasteiger partial charge >= 0.3 is 0 Å². The molecule has 0 fully saturated rings. The van der Waals surface area contributed by atoms with E-state index in [1.807, 2.05) is 0 Å². The van der Waals surface area contributed by atoms with E-state index in [2.05, 4.69) is 46.2 Å². The van der Waals surface area contributed by atoms with Crippen molar-refractivity contribution in [1.82, 2.24) is 4.98 Å². The normalized spacial score (nSPS) is 11.1. The van der Waals surface area contributed by atoms with Crippen molar-refractivity contribution in [3.63, 3.8) is 0 Å². The average Bonchev–Trinajstić information content (AvgIpc) is 2.58. The smallest absolute Gasteiger partial charge is 0.0601 e. The summed E-state index contributed by atoms with van der Waals surface area (Å²) in [5, 5.41) is 1.32. The highest BCUT2D eigenvalue weighted by Gasteiger charge is 2.06. The minimum absolute atomic E-state index is 0.750. The van der Waals surface area contributed by atoms with E-state index in [4.69, 9.17) is 5.73 Å². The van der Waals surface area contributed by atoms with Crippen LogP contribution in [0.4, 0.5) is 0 Å². The molecule has 0 aliphatic heterocycles. The van der Waals surface area contributed by atoms with Crippen LogP contribution in [0.5, 0.6) is 0 Å². The SMILES string of the molecule is Cc1cc(Br)c2[nH]cc(CCCN)c2c1. The maximum Gasteiger partial charge on any atom is 0.0601 e. The van der Waals surface area contributed by atoms with Gasteiger partial charge in [-0.2, -0.15) is 0 Å². The number of hydrogen-bond donors (Lipinski definition) is 2. The van der Waals surface area contributed by atoms with Crippen LogP contribution in [0.3, 0.4) is 0 Å². The third-order valence-electron chi connectivity index (χ3n) is 2.62. The molecule has 1 heterocycles. The molecule has 0 spiro atoms. The molecule has 0 saturated carbocycles. The molecule has 3 N–H and O–H groups in total. The van der Waals surface area contributed by atoms with E-state index in [-0.39, 0.29) is 0 Å². The lowest BCUT2D eigenvalue weighted by Gasteiger charge is -2.00. The first kappa shape index (κ1) is 10.7. The van der Waals surface area contributed by atoms with Crippen molar-refractivity contribution in [3.05, 3.63) is 33.9 Å². The maximum absolute atomic E-state index is 5.53. The molecule has 3 heteroatoms. The zero-order chi connectivity index (χ0) is 10.8. The summed E-state index contributed by atoms with van der Waals surface area (Å²) in [4.78, 5) is 3.30. The summed E-state index contributed by atoms with van der Waals surface area (Å²) in [6.45, 7) is 2.86. The van der Waals surface area contributed by atoms with E-state index >= 15 is 0 Å². The lowest BCUT2D eigenvalue weighted by Crippen LogP contribution is -1.99. The Morgan fingerprint density at radius 3 is 2.93 bits per heavy atom. The number of H-pyrrole nitrogens is 1. The van der Waals surface area contributed by atoms with Gasteiger partial charge in [-0.15, -0.1) is 0 Å². The minimum Gasteiger partial charge on any atom is -0.360 e. The van der Waals surface area contributed by atoms with Crippen LogP contribution < -0.4 is 5.73 Å². The van der Waals surface area contributed by atoms with Gasteiger partial charge in [0, 0.05) is 16.1 Å². The highest BCUT2D eigenvalue weighted by molar-refractivity contribution is 9.10. The second kappa shape index (κ2) is 4.37. The third-order valence-corrected chi connectivity index (χ3v) is 3.25. The summed E-state index contributed by atoms with van der Waals surface area (Å²) in [5.41, 5.74) is 9.36. The summed E-state index contributed by atoms with van der Waals surface area (Å²) < 4.78 is 1.14. The Hall–Kier alpha value is -0.800. The van der Waals surface area contributed by atoms with Crippen molar-refractivity contribution in [1.29, 1.82) is 0 Å². The minimum atomic E-state index is 0.750. The fourth-order valence-corrected chi connectivity index (χ4v) is 2.57. The second-order valence-corrected chi connectivity index (χ2v) is 4.73. The molecule has 80 valence electrons. The van der Waals surface area contributed by atoms with Gasteiger partial charge in [-0.1, -0.05) is 0 Å². The molecule has 0 saturated heterocycles. The molecule has 2 rings (SSSR count). The molecule has 1 aromatic carbocycles. The number of aromatic amines is 1. The fourth-order valence-electron chi connectivity index (χ4n) is 1.88. The molecule has 2 aromatic rings. The van der Waals surface area contributed by atoms with Crippen LogP contribution in [-0.4, -0.2) is 11.5 Å². The lowest BCUT2D eigenvalue weighted by molar-refractivity contribution is 0.837. The number of halogens is 1. The summed E-state index contributed by atoms with van der Waals surface area (Å²) in [6, 6.07) is 4.36. The summed E-state index contributed by atoms with van der Waals surface area (Å²) >= 11 is 3.57. The molecule has 1 aromatic heterocycles. The predicted octanol–water partition coefficient (Wildman–Crippen LogP) is 3.13. The van der Waals surface area contributed by atoms with Crippen LogP contribution in [0.25, 0.3) is 10.9 Å². The lowest BCUT2D eigenvalue weighted by atomic mass is 10.1. The van der Waals surface area contributed by atoms with Crippen molar-refractivity contribution in [2.45, 2.75) is 19.8 Å². The van der Waals surface area contributed by atoms with Crippen molar-refractivity contribution < 1.29 is 0 Å². The third kappa shape index (κ3) is 2.08. The van der Waals surface area contributed by atoms with Crippen molar-refractivity contribution >= 4 is 26.8 Å². The Bertz CT molecular complexity index is 474. The molecule has 0 amide bonds. The van der Waals surface area contributed by atoms with Gasteiger partial charge < -0.3 is 10.7 Å². The first-order chi connectivity index (χ1) is 7.22. The second-order valence-electron chi connectivity index (χ2n) is 3.88. The molecule has 0 aliphatic rings. The molecular weight excluding hydrogens is 252 g/mol. The largest absolute Gasteiger partial charge is 0.360 e. The summed E-state index contributed by atoms with van der Waals surface area (Å²) in [7, 11) is 0. The Balaban J connectivity index is 2.49. The average molecular weight is 267 g/mol. The Morgan fingerprint density at radius 1 is 1.40 bits per heavy atom. The number of rotatable bonds is 3. The van der Waals surface area contributed by atoms with Crippen LogP contribution in [-0.2, 0) is 6.42 Å². The fraction of sp³-hybridized carbons (Fsp3) is 0.333. The Kier molecular flexibility index (Phi) is 3.12. The number of benzene rings is 1. The molecule has 0 aliphatic carbocycles. The van der Waals surface area contributed by atoms with Gasteiger partial charge in [0.25, 0.3) is 0 Å². The molecule has 0 unspecified atom stereocenters. The van der Waals surface area contributed by atoms with Gasteiger partial charge in [0.1, 0.15) is 0 Å². The van der Waals surface area contributed by atoms with E-state index in [1.54, 1.807) is 0 Å². The molecule has 2 nitrogen and oxygen atoms in total. The van der Waals surface area contributed by atoms with Crippen LogP contribution in [0.2, 0.25) is 0 Å². The van der Waals surface area contributed by atoms with Crippen molar-refractivity contribution in [2.75, 3.05) is 6.54 Å². The first-order valence-electron chi connectivity index (χ1n) is 5.18. The number of fused-ring (bicyclic) bond motifs is 1. The van der Waals surface area contributed by atoms with E-state index in [9.17, 15) is 0 Å². The van der Waals surface area contributed by atoms with Gasteiger partial charge in [0.15, 0.2) is 0 Å². The predicted molar refractivity (Wildman–Crippen MR) is 68.1 cm³/mol. The number of nitrogens with one attached hydrogen (secondary N) is 1. The first-order valence-corrected chi connectivity index (χ1v) is 5.98. The zero-order valence-electron chi connectivity index (χ0n) is 8.81. The van der Waals surface area contributed by atoms with Crippen molar-refractivity contribution in [3.8, 4) is 0 Å². The highest BCUT2D eigenvalue weighted by atomic mass is 79.9. The molecule has 0 atom stereocenters. The van der Waals surface area contributed by atoms with Crippen molar-refractivity contribution in [2.24, 2.45) is 5.73 Å². The maximum atomic E-state index is 5.53. The number of nitrogens with two attached hydrogens (primary N) is 1. The van der Waals surface area contributed by atoms with Crippen LogP contribution in [0.1, 0.15) is 17.5 Å². The van der Waals surface area contributed by atoms with E-state index in [0.717, 1.165) is 23.9 Å².